The molecule has 10 nitrogen and oxygen atoms in total. The fourth-order valence-corrected chi connectivity index (χ4v) is 3.10. The standard InChI is InChI=1S/C21H28N4O6/c1-25(11-16(27)12-26)18(28)8-14(7-13-5-3-2-4-6-13)19(29)20-23-10-15(24-20)9-17(22)21(30)31/h2-6,10,14,16-17,26-27H,7-9,11-12,22H2,1H3,(H,23,24)(H,30,31)/t14-,16-,17-/m1/s1. The van der Waals surface area contributed by atoms with E-state index in [-0.39, 0.29) is 36.9 Å². The molecule has 0 radical (unpaired) electrons. The molecule has 0 spiro atoms. The first-order valence-electron chi connectivity index (χ1n) is 9.84. The summed E-state index contributed by atoms with van der Waals surface area (Å²) < 4.78 is 0. The number of rotatable bonds is 12. The van der Waals surface area contributed by atoms with Crippen molar-refractivity contribution >= 4 is 17.7 Å². The van der Waals surface area contributed by atoms with E-state index in [1.807, 2.05) is 30.3 Å². The summed E-state index contributed by atoms with van der Waals surface area (Å²) in [6, 6.07) is 8.09. The SMILES string of the molecule is CN(C[C@@H](O)CO)C(=O)C[C@@H](Cc1ccccc1)C(=O)c1ncc(C[C@@H](N)C(=O)O)[nH]1. The minimum absolute atomic E-state index is 0.0142. The van der Waals surface area contributed by atoms with Gasteiger partial charge in [-0.1, -0.05) is 30.3 Å². The molecule has 0 aliphatic heterocycles. The second kappa shape index (κ2) is 11.3. The number of aromatic nitrogens is 2. The van der Waals surface area contributed by atoms with Gasteiger partial charge in [0.1, 0.15) is 6.04 Å². The zero-order valence-electron chi connectivity index (χ0n) is 17.3. The maximum absolute atomic E-state index is 13.1. The van der Waals surface area contributed by atoms with Gasteiger partial charge in [0.2, 0.25) is 11.7 Å². The van der Waals surface area contributed by atoms with E-state index in [1.54, 1.807) is 0 Å². The number of nitrogens with one attached hydrogen (secondary N) is 1. The van der Waals surface area contributed by atoms with E-state index in [9.17, 15) is 19.5 Å². The number of aromatic amines is 1. The van der Waals surface area contributed by atoms with Gasteiger partial charge in [-0.3, -0.25) is 14.4 Å². The third kappa shape index (κ3) is 7.28. The number of carbonyl (C=O) groups is 3. The zero-order chi connectivity index (χ0) is 23.0. The van der Waals surface area contributed by atoms with E-state index >= 15 is 0 Å². The van der Waals surface area contributed by atoms with Crippen LogP contribution >= 0.6 is 0 Å². The molecule has 0 aliphatic carbocycles. The number of nitrogens with two attached hydrogens (primary N) is 1. The average Bonchev–Trinajstić information content (AvgIpc) is 3.21. The van der Waals surface area contributed by atoms with Gasteiger partial charge in [-0.05, 0) is 12.0 Å². The van der Waals surface area contributed by atoms with Crippen molar-refractivity contribution in [1.29, 1.82) is 0 Å². The van der Waals surface area contributed by atoms with Crippen molar-refractivity contribution in [2.75, 3.05) is 20.2 Å². The van der Waals surface area contributed by atoms with Crippen LogP contribution in [0.5, 0.6) is 0 Å². The predicted octanol–water partition coefficient (Wildman–Crippen LogP) is -0.393. The lowest BCUT2D eigenvalue weighted by Gasteiger charge is -2.22. The highest BCUT2D eigenvalue weighted by atomic mass is 16.4. The molecule has 10 heteroatoms. The van der Waals surface area contributed by atoms with Crippen LogP contribution in [0.3, 0.4) is 0 Å². The molecule has 0 unspecified atom stereocenters. The van der Waals surface area contributed by atoms with E-state index in [1.165, 1.54) is 18.1 Å². The summed E-state index contributed by atoms with van der Waals surface area (Å²) >= 11 is 0. The summed E-state index contributed by atoms with van der Waals surface area (Å²) in [5.41, 5.74) is 6.80. The van der Waals surface area contributed by atoms with Crippen molar-refractivity contribution in [2.45, 2.75) is 31.4 Å². The van der Waals surface area contributed by atoms with Crippen LogP contribution in [0.15, 0.2) is 36.5 Å². The number of imidazole rings is 1. The summed E-state index contributed by atoms with van der Waals surface area (Å²) in [5.74, 6) is -2.61. The fourth-order valence-electron chi connectivity index (χ4n) is 3.10. The molecule has 1 amide bonds. The summed E-state index contributed by atoms with van der Waals surface area (Å²) in [7, 11) is 1.49. The molecule has 0 saturated heterocycles. The van der Waals surface area contributed by atoms with Crippen LogP contribution in [0.4, 0.5) is 0 Å². The van der Waals surface area contributed by atoms with Gasteiger partial charge in [0.25, 0.3) is 0 Å². The zero-order valence-corrected chi connectivity index (χ0v) is 17.3. The molecule has 0 saturated carbocycles. The molecule has 0 bridgehead atoms. The third-order valence-electron chi connectivity index (χ3n) is 4.86. The number of amides is 1. The van der Waals surface area contributed by atoms with Crippen molar-refractivity contribution < 1.29 is 29.7 Å². The number of hydrogen-bond donors (Lipinski definition) is 5. The second-order valence-corrected chi connectivity index (χ2v) is 7.47. The minimum Gasteiger partial charge on any atom is -0.480 e. The maximum Gasteiger partial charge on any atom is 0.320 e. The lowest BCUT2D eigenvalue weighted by Crippen LogP contribution is -2.37. The molecule has 2 rings (SSSR count). The number of H-pyrrole nitrogens is 1. The Morgan fingerprint density at radius 3 is 2.48 bits per heavy atom. The number of aliphatic hydroxyl groups is 2. The first-order chi connectivity index (χ1) is 14.7. The quantitative estimate of drug-likeness (QED) is 0.282. The highest BCUT2D eigenvalue weighted by molar-refractivity contribution is 5.97. The van der Waals surface area contributed by atoms with Crippen molar-refractivity contribution in [3.63, 3.8) is 0 Å². The first kappa shape index (κ1) is 24.2. The monoisotopic (exact) mass is 432 g/mol. The van der Waals surface area contributed by atoms with Gasteiger partial charge in [0.15, 0.2) is 5.82 Å². The lowest BCUT2D eigenvalue weighted by molar-refractivity contribution is -0.138. The minimum atomic E-state index is -1.16. The fraction of sp³-hybridized carbons (Fsp3) is 0.429. The van der Waals surface area contributed by atoms with Gasteiger partial charge >= 0.3 is 5.97 Å². The van der Waals surface area contributed by atoms with Crippen LogP contribution in [0.25, 0.3) is 0 Å². The largest absolute Gasteiger partial charge is 0.480 e. The second-order valence-electron chi connectivity index (χ2n) is 7.47. The van der Waals surface area contributed by atoms with E-state index in [0.29, 0.717) is 12.1 Å². The van der Waals surface area contributed by atoms with Crippen LogP contribution in [0.2, 0.25) is 0 Å². The molecule has 0 fully saturated rings. The van der Waals surface area contributed by atoms with Crippen LogP contribution in [-0.2, 0) is 22.4 Å². The molecular weight excluding hydrogens is 404 g/mol. The Hall–Kier alpha value is -3.08. The Labute approximate surface area is 179 Å². The first-order valence-corrected chi connectivity index (χ1v) is 9.84. The molecule has 0 aliphatic rings. The number of hydrogen-bond acceptors (Lipinski definition) is 7. The Morgan fingerprint density at radius 2 is 1.87 bits per heavy atom. The average molecular weight is 432 g/mol. The normalized spacial score (nSPS) is 13.9. The Balaban J connectivity index is 2.17. The van der Waals surface area contributed by atoms with Crippen LogP contribution in [-0.4, -0.2) is 80.2 Å². The summed E-state index contributed by atoms with van der Waals surface area (Å²) in [6.07, 6.45) is 0.462. The Morgan fingerprint density at radius 1 is 1.19 bits per heavy atom. The number of likely N-dealkylation sites (N-methyl/N-ethyl adjacent to an activating group) is 1. The number of Topliss-reactive ketones (excluding diaryl/α,β-unsaturated/α-hetero) is 1. The van der Waals surface area contributed by atoms with Crippen LogP contribution < -0.4 is 5.73 Å². The van der Waals surface area contributed by atoms with Gasteiger partial charge < -0.3 is 30.9 Å². The van der Waals surface area contributed by atoms with Gasteiger partial charge in [-0.2, -0.15) is 0 Å². The van der Waals surface area contributed by atoms with Gasteiger partial charge in [-0.25, -0.2) is 4.98 Å². The number of carboxylic acids is 1. The Kier molecular flexibility index (Phi) is 8.86. The van der Waals surface area contributed by atoms with Gasteiger partial charge in [0, 0.05) is 44.2 Å². The Bertz CT molecular complexity index is 885. The summed E-state index contributed by atoms with van der Waals surface area (Å²) in [5, 5.41) is 27.5. The van der Waals surface area contributed by atoms with E-state index in [4.69, 9.17) is 15.9 Å². The third-order valence-corrected chi connectivity index (χ3v) is 4.86. The van der Waals surface area contributed by atoms with Crippen molar-refractivity contribution in [1.82, 2.24) is 14.9 Å². The van der Waals surface area contributed by atoms with Gasteiger partial charge in [0.05, 0.1) is 12.7 Å². The number of nitrogens with zero attached hydrogens (tertiary/aromatic N) is 2. The maximum atomic E-state index is 13.1. The number of aliphatic hydroxyl groups excluding tert-OH is 2. The van der Waals surface area contributed by atoms with Crippen LogP contribution in [0.1, 0.15) is 28.3 Å². The molecule has 6 N–H and O–H groups in total. The van der Waals surface area contributed by atoms with Crippen molar-refractivity contribution in [3.8, 4) is 0 Å². The van der Waals surface area contributed by atoms with E-state index in [0.717, 1.165) is 5.56 Å². The predicted molar refractivity (Wildman–Crippen MR) is 111 cm³/mol. The van der Waals surface area contributed by atoms with Crippen molar-refractivity contribution in [2.24, 2.45) is 11.7 Å². The molecule has 1 heterocycles. The molecule has 31 heavy (non-hydrogen) atoms. The molecule has 2 aromatic rings. The number of aliphatic carboxylic acids is 1. The van der Waals surface area contributed by atoms with Crippen molar-refractivity contribution in [3.05, 3.63) is 53.6 Å². The smallest absolute Gasteiger partial charge is 0.320 e. The topological polar surface area (TPSA) is 170 Å². The van der Waals surface area contributed by atoms with E-state index in [2.05, 4.69) is 9.97 Å². The number of carboxylic acid groups (broad SMARTS) is 1. The molecule has 1 aromatic heterocycles. The highest BCUT2D eigenvalue weighted by Crippen LogP contribution is 2.19. The lowest BCUT2D eigenvalue weighted by atomic mass is 9.91. The molecular formula is C21H28N4O6. The molecule has 168 valence electrons. The summed E-state index contributed by atoms with van der Waals surface area (Å²) in [6.45, 7) is -0.531. The number of ketones is 1. The van der Waals surface area contributed by atoms with Gasteiger partial charge in [-0.15, -0.1) is 0 Å². The molecule has 1 aromatic carbocycles. The highest BCUT2D eigenvalue weighted by Gasteiger charge is 2.28. The van der Waals surface area contributed by atoms with E-state index < -0.39 is 30.6 Å². The molecule has 3 atom stereocenters. The summed E-state index contributed by atoms with van der Waals surface area (Å²) in [4.78, 5) is 44.8. The number of carbonyl (C=O) groups excluding carboxylic acids is 2. The number of benzene rings is 1. The van der Waals surface area contributed by atoms with Crippen LogP contribution in [0, 0.1) is 5.92 Å².